The van der Waals surface area contributed by atoms with Crippen molar-refractivity contribution in [2.24, 2.45) is 40.4 Å². The summed E-state index contributed by atoms with van der Waals surface area (Å²) in [6.07, 6.45) is 11.8. The van der Waals surface area contributed by atoms with Gasteiger partial charge >= 0.3 is 5.97 Å². The van der Waals surface area contributed by atoms with Crippen LogP contribution in [-0.4, -0.2) is 12.1 Å². The molecule has 0 aromatic rings. The second-order valence-corrected chi connectivity index (χ2v) is 10.5. The average Bonchev–Trinajstić information content (AvgIpc) is 2.93. The summed E-state index contributed by atoms with van der Waals surface area (Å²) in [6, 6.07) is 0. The maximum absolute atomic E-state index is 11.6. The fourth-order valence-electron chi connectivity index (χ4n) is 7.98. The smallest absolute Gasteiger partial charge is 0.302 e. The van der Waals surface area contributed by atoms with Gasteiger partial charge < -0.3 is 4.74 Å². The molecule has 3 heteroatoms. The molecule has 27 heavy (non-hydrogen) atoms. The molecule has 0 radical (unpaired) electrons. The highest BCUT2D eigenvalue weighted by Crippen LogP contribution is 2.67. The quantitative estimate of drug-likeness (QED) is 0.418. The molecule has 0 saturated heterocycles. The topological polar surface area (TPSA) is 30.7 Å². The van der Waals surface area contributed by atoms with Crippen LogP contribution in [0.5, 0.6) is 0 Å². The van der Waals surface area contributed by atoms with Crippen LogP contribution in [-0.2, 0) is 9.53 Å². The third-order valence-corrected chi connectivity index (χ3v) is 9.38. The molecule has 3 nitrogen and oxygen atoms in total. The predicted octanol–water partition coefficient (Wildman–Crippen LogP) is 6.01. The molecule has 4 aliphatic rings. The SMILES string of the molecule is [C-]#[N+]/C=C1/CC[C@H]2[C@@H]3CC[C@H]4C[C@H](C)[C@@H](OC(C)=O)C[C@]4(C)[C@H]3CC[C@]12C. The Kier molecular flexibility index (Phi) is 4.68. The first-order valence-corrected chi connectivity index (χ1v) is 11.0. The summed E-state index contributed by atoms with van der Waals surface area (Å²) in [7, 11) is 0. The highest BCUT2D eigenvalue weighted by molar-refractivity contribution is 5.66. The van der Waals surface area contributed by atoms with E-state index in [0.29, 0.717) is 11.3 Å². The molecule has 4 aliphatic carbocycles. The third kappa shape index (κ3) is 2.86. The Balaban J connectivity index is 1.61. The lowest BCUT2D eigenvalue weighted by molar-refractivity contribution is -0.169. The van der Waals surface area contributed by atoms with E-state index in [1.807, 2.05) is 6.20 Å². The van der Waals surface area contributed by atoms with Crippen LogP contribution in [0.25, 0.3) is 4.85 Å². The summed E-state index contributed by atoms with van der Waals surface area (Å²) in [5, 5.41) is 0. The number of hydrogen-bond donors (Lipinski definition) is 0. The molecule has 0 N–H and O–H groups in total. The van der Waals surface area contributed by atoms with Gasteiger partial charge in [0.1, 0.15) is 6.10 Å². The fraction of sp³-hybridized carbons (Fsp3) is 0.833. The summed E-state index contributed by atoms with van der Waals surface area (Å²) in [5.41, 5.74) is 1.98. The Hall–Kier alpha value is -1.30. The molecule has 0 aliphatic heterocycles. The predicted molar refractivity (Wildman–Crippen MR) is 107 cm³/mol. The molecular weight excluding hydrogens is 334 g/mol. The van der Waals surface area contributed by atoms with Gasteiger partial charge in [0.25, 0.3) is 0 Å². The number of carbonyl (C=O) groups is 1. The Bertz CT molecular complexity index is 691. The zero-order valence-electron chi connectivity index (χ0n) is 17.5. The number of rotatable bonds is 1. The van der Waals surface area contributed by atoms with Crippen LogP contribution in [0.4, 0.5) is 0 Å². The van der Waals surface area contributed by atoms with Crippen LogP contribution in [0.1, 0.15) is 79.1 Å². The van der Waals surface area contributed by atoms with E-state index in [-0.39, 0.29) is 17.5 Å². The van der Waals surface area contributed by atoms with Crippen LogP contribution >= 0.6 is 0 Å². The molecule has 0 unspecified atom stereocenters. The minimum atomic E-state index is -0.123. The molecule has 4 rings (SSSR count). The Morgan fingerprint density at radius 2 is 2.00 bits per heavy atom. The van der Waals surface area contributed by atoms with Gasteiger partial charge in [0, 0.05) is 6.92 Å². The first-order valence-electron chi connectivity index (χ1n) is 11.0. The lowest BCUT2D eigenvalue weighted by Gasteiger charge is -2.61. The number of esters is 1. The molecule has 4 fully saturated rings. The van der Waals surface area contributed by atoms with Gasteiger partial charge in [-0.15, -0.1) is 0 Å². The zero-order chi connectivity index (χ0) is 19.4. The van der Waals surface area contributed by atoms with E-state index in [0.717, 1.165) is 36.5 Å². The summed E-state index contributed by atoms with van der Waals surface area (Å²) >= 11 is 0. The van der Waals surface area contributed by atoms with Crippen LogP contribution < -0.4 is 0 Å². The molecule has 4 saturated carbocycles. The van der Waals surface area contributed by atoms with Gasteiger partial charge in [0.2, 0.25) is 0 Å². The summed E-state index contributed by atoms with van der Waals surface area (Å²) in [4.78, 5) is 15.3. The first kappa shape index (κ1) is 19.0. The van der Waals surface area contributed by atoms with E-state index in [2.05, 4.69) is 25.6 Å². The van der Waals surface area contributed by atoms with Gasteiger partial charge in [-0.1, -0.05) is 26.3 Å². The molecule has 0 bridgehead atoms. The van der Waals surface area contributed by atoms with Crippen molar-refractivity contribution in [2.75, 3.05) is 0 Å². The fourth-order valence-corrected chi connectivity index (χ4v) is 7.98. The average molecular weight is 370 g/mol. The van der Waals surface area contributed by atoms with Gasteiger partial charge in [-0.05, 0) is 91.8 Å². The normalized spacial score (nSPS) is 50.3. The maximum Gasteiger partial charge on any atom is 0.302 e. The second kappa shape index (κ2) is 6.64. The summed E-state index contributed by atoms with van der Waals surface area (Å²) in [5.74, 6) is 3.43. The molecular formula is C24H35NO2. The number of carbonyl (C=O) groups excluding carboxylic acids is 1. The van der Waals surface area contributed by atoms with Crippen LogP contribution in [0.2, 0.25) is 0 Å². The van der Waals surface area contributed by atoms with Crippen molar-refractivity contribution in [3.63, 3.8) is 0 Å². The lowest BCUT2D eigenvalue weighted by Crippen LogP contribution is -2.55. The van der Waals surface area contributed by atoms with E-state index in [1.54, 1.807) is 6.92 Å². The van der Waals surface area contributed by atoms with E-state index in [4.69, 9.17) is 11.3 Å². The number of ether oxygens (including phenoxy) is 1. The molecule has 8 atom stereocenters. The molecule has 0 aromatic carbocycles. The minimum absolute atomic E-state index is 0.0944. The van der Waals surface area contributed by atoms with E-state index < -0.39 is 0 Å². The van der Waals surface area contributed by atoms with Crippen LogP contribution in [0.3, 0.4) is 0 Å². The monoisotopic (exact) mass is 369 g/mol. The first-order chi connectivity index (χ1) is 12.8. The lowest BCUT2D eigenvalue weighted by atomic mass is 9.44. The molecule has 0 amide bonds. The molecule has 0 spiro atoms. The second-order valence-electron chi connectivity index (χ2n) is 10.5. The highest BCUT2D eigenvalue weighted by Gasteiger charge is 2.60. The van der Waals surface area contributed by atoms with E-state index in [9.17, 15) is 4.79 Å². The number of allylic oxidation sites excluding steroid dienone is 1. The molecule has 0 heterocycles. The van der Waals surface area contributed by atoms with Gasteiger partial charge in [-0.2, -0.15) is 0 Å². The zero-order valence-corrected chi connectivity index (χ0v) is 17.5. The van der Waals surface area contributed by atoms with Crippen molar-refractivity contribution in [1.82, 2.24) is 0 Å². The van der Waals surface area contributed by atoms with Crippen LogP contribution in [0, 0.1) is 47.0 Å². The Morgan fingerprint density at radius 3 is 2.70 bits per heavy atom. The van der Waals surface area contributed by atoms with Crippen molar-refractivity contribution >= 4 is 5.97 Å². The largest absolute Gasteiger partial charge is 0.462 e. The molecule has 148 valence electrons. The third-order valence-electron chi connectivity index (χ3n) is 9.38. The van der Waals surface area contributed by atoms with Crippen molar-refractivity contribution in [2.45, 2.75) is 85.2 Å². The van der Waals surface area contributed by atoms with Crippen molar-refractivity contribution in [3.8, 4) is 0 Å². The van der Waals surface area contributed by atoms with Gasteiger partial charge in [0.05, 0.1) is 6.57 Å². The van der Waals surface area contributed by atoms with Crippen LogP contribution in [0.15, 0.2) is 11.8 Å². The maximum atomic E-state index is 11.6. The van der Waals surface area contributed by atoms with E-state index in [1.165, 1.54) is 44.1 Å². The van der Waals surface area contributed by atoms with Gasteiger partial charge in [-0.25, -0.2) is 4.85 Å². The number of fused-ring (bicyclic) bond motifs is 5. The van der Waals surface area contributed by atoms with Gasteiger partial charge in [-0.3, -0.25) is 4.79 Å². The Morgan fingerprint density at radius 1 is 1.22 bits per heavy atom. The minimum Gasteiger partial charge on any atom is -0.462 e. The highest BCUT2D eigenvalue weighted by atomic mass is 16.5. The van der Waals surface area contributed by atoms with Crippen molar-refractivity contribution in [1.29, 1.82) is 0 Å². The van der Waals surface area contributed by atoms with Crippen molar-refractivity contribution < 1.29 is 9.53 Å². The van der Waals surface area contributed by atoms with Gasteiger partial charge in [0.15, 0.2) is 6.20 Å². The number of nitrogens with zero attached hydrogens (tertiary/aromatic N) is 1. The van der Waals surface area contributed by atoms with Crippen molar-refractivity contribution in [3.05, 3.63) is 23.2 Å². The summed E-state index contributed by atoms with van der Waals surface area (Å²) < 4.78 is 5.77. The summed E-state index contributed by atoms with van der Waals surface area (Å²) in [6.45, 7) is 16.1. The molecule has 0 aromatic heterocycles. The van der Waals surface area contributed by atoms with E-state index >= 15 is 0 Å². The number of hydrogen-bond acceptors (Lipinski definition) is 2. The standard InChI is InChI=1S/C24H35NO2/c1-15-12-17-6-8-19-20-9-7-18(14-25-5)23(20,3)11-10-21(19)24(17,4)13-22(15)27-16(2)26/h14-15,17,19-22H,6-13H2,1-4H3/b18-14-/t15-,17-,19-,20-,21-,22-,23+,24-/m0/s1. The Labute approximate surface area is 164 Å².